The van der Waals surface area contributed by atoms with Gasteiger partial charge in [-0.2, -0.15) is 0 Å². The van der Waals surface area contributed by atoms with Crippen molar-refractivity contribution in [3.8, 4) is 11.5 Å². The van der Waals surface area contributed by atoms with Gasteiger partial charge in [-0.1, -0.05) is 13.0 Å². The highest BCUT2D eigenvalue weighted by Gasteiger charge is 2.34. The fraction of sp³-hybridized carbons (Fsp3) is 0.684. The number of rotatable bonds is 8. The average molecular weight is 337 g/mol. The zero-order valence-corrected chi connectivity index (χ0v) is 15.3. The Morgan fingerprint density at radius 2 is 2.08 bits per heavy atom. The highest BCUT2D eigenvalue weighted by molar-refractivity contribution is 5.42. The SMILES string of the molecule is CC[C@@]1(C)C[C@H]([C@@H](O)CNCc2ccc(OC)c(OC)c2)CCO1. The molecule has 0 saturated carbocycles. The molecule has 5 heteroatoms. The third-order valence-electron chi connectivity index (χ3n) is 5.06. The zero-order valence-electron chi connectivity index (χ0n) is 15.3. The van der Waals surface area contributed by atoms with Gasteiger partial charge in [-0.25, -0.2) is 0 Å². The summed E-state index contributed by atoms with van der Waals surface area (Å²) in [6.07, 6.45) is 2.48. The van der Waals surface area contributed by atoms with Gasteiger partial charge >= 0.3 is 0 Å². The molecule has 136 valence electrons. The smallest absolute Gasteiger partial charge is 0.161 e. The van der Waals surface area contributed by atoms with Crippen molar-refractivity contribution in [1.82, 2.24) is 5.32 Å². The lowest BCUT2D eigenvalue weighted by Gasteiger charge is -2.39. The predicted octanol–water partition coefficient (Wildman–Crippen LogP) is 2.75. The molecule has 5 nitrogen and oxygen atoms in total. The standard InChI is InChI=1S/C19H31NO4/c1-5-19(2)11-15(8-9-24-19)16(21)13-20-12-14-6-7-17(22-3)18(10-14)23-4/h6-7,10,15-16,20-21H,5,8-9,11-13H2,1-4H3/t15-,16+,19+/m1/s1. The first-order valence-corrected chi connectivity index (χ1v) is 8.75. The quantitative estimate of drug-likeness (QED) is 0.764. The van der Waals surface area contributed by atoms with E-state index in [4.69, 9.17) is 14.2 Å². The third kappa shape index (κ3) is 4.85. The number of aliphatic hydroxyl groups excluding tert-OH is 1. The van der Waals surface area contributed by atoms with E-state index >= 15 is 0 Å². The Bertz CT molecular complexity index is 522. The summed E-state index contributed by atoms with van der Waals surface area (Å²) in [5.74, 6) is 1.74. The van der Waals surface area contributed by atoms with Crippen LogP contribution in [-0.4, -0.2) is 44.2 Å². The van der Waals surface area contributed by atoms with E-state index in [2.05, 4.69) is 19.2 Å². The minimum Gasteiger partial charge on any atom is -0.493 e. The molecule has 24 heavy (non-hydrogen) atoms. The van der Waals surface area contributed by atoms with Gasteiger partial charge in [0.05, 0.1) is 25.9 Å². The third-order valence-corrected chi connectivity index (χ3v) is 5.06. The van der Waals surface area contributed by atoms with Crippen molar-refractivity contribution in [1.29, 1.82) is 0 Å². The van der Waals surface area contributed by atoms with Crippen LogP contribution in [-0.2, 0) is 11.3 Å². The van der Waals surface area contributed by atoms with Crippen LogP contribution in [0.3, 0.4) is 0 Å². The first-order chi connectivity index (χ1) is 11.5. The van der Waals surface area contributed by atoms with E-state index in [-0.39, 0.29) is 11.7 Å². The van der Waals surface area contributed by atoms with Crippen LogP contribution in [0.15, 0.2) is 18.2 Å². The Kier molecular flexibility index (Phi) is 6.90. The second-order valence-electron chi connectivity index (χ2n) is 6.79. The van der Waals surface area contributed by atoms with Crippen LogP contribution < -0.4 is 14.8 Å². The second-order valence-corrected chi connectivity index (χ2v) is 6.79. The van der Waals surface area contributed by atoms with Crippen LogP contribution in [0.2, 0.25) is 0 Å². The van der Waals surface area contributed by atoms with Crippen molar-refractivity contribution < 1.29 is 19.3 Å². The van der Waals surface area contributed by atoms with Crippen molar-refractivity contribution in [2.24, 2.45) is 5.92 Å². The molecule has 0 aliphatic carbocycles. The van der Waals surface area contributed by atoms with Gasteiger partial charge in [0.1, 0.15) is 0 Å². The molecule has 0 radical (unpaired) electrons. The summed E-state index contributed by atoms with van der Waals surface area (Å²) in [6, 6.07) is 5.86. The minimum atomic E-state index is -0.347. The molecule has 1 aromatic rings. The second kappa shape index (κ2) is 8.70. The molecule has 2 N–H and O–H groups in total. The topological polar surface area (TPSA) is 60.0 Å². The normalized spacial score (nSPS) is 25.3. The Hall–Kier alpha value is -1.30. The van der Waals surface area contributed by atoms with Crippen molar-refractivity contribution in [2.75, 3.05) is 27.4 Å². The van der Waals surface area contributed by atoms with Gasteiger partial charge in [0.25, 0.3) is 0 Å². The van der Waals surface area contributed by atoms with Crippen LogP contribution in [0.25, 0.3) is 0 Å². The summed E-state index contributed by atoms with van der Waals surface area (Å²) in [4.78, 5) is 0. The maximum atomic E-state index is 10.5. The van der Waals surface area contributed by atoms with Gasteiger partial charge in [-0.15, -0.1) is 0 Å². The molecule has 0 bridgehead atoms. The molecule has 0 aromatic heterocycles. The molecule has 0 unspecified atom stereocenters. The summed E-state index contributed by atoms with van der Waals surface area (Å²) in [5, 5.41) is 13.8. The van der Waals surface area contributed by atoms with Gasteiger partial charge in [-0.05, 0) is 49.8 Å². The molecule has 0 spiro atoms. The molecule has 1 aromatic carbocycles. The highest BCUT2D eigenvalue weighted by Crippen LogP contribution is 2.33. The van der Waals surface area contributed by atoms with Crippen molar-refractivity contribution in [3.05, 3.63) is 23.8 Å². The monoisotopic (exact) mass is 337 g/mol. The van der Waals surface area contributed by atoms with Gasteiger partial charge in [0.15, 0.2) is 11.5 Å². The Morgan fingerprint density at radius 1 is 1.33 bits per heavy atom. The summed E-state index contributed by atoms with van der Waals surface area (Å²) in [5.41, 5.74) is 1.01. The maximum Gasteiger partial charge on any atom is 0.161 e. The predicted molar refractivity (Wildman–Crippen MR) is 94.6 cm³/mol. The van der Waals surface area contributed by atoms with Gasteiger partial charge in [0.2, 0.25) is 0 Å². The van der Waals surface area contributed by atoms with Crippen LogP contribution >= 0.6 is 0 Å². The first-order valence-electron chi connectivity index (χ1n) is 8.75. The van der Waals surface area contributed by atoms with Gasteiger partial charge in [-0.3, -0.25) is 0 Å². The van der Waals surface area contributed by atoms with E-state index in [1.54, 1.807) is 14.2 Å². The Balaban J connectivity index is 1.83. The number of methoxy groups -OCH3 is 2. The number of aliphatic hydroxyl groups is 1. The lowest BCUT2D eigenvalue weighted by atomic mass is 9.82. The molecular weight excluding hydrogens is 306 g/mol. The first kappa shape index (κ1) is 19.0. The van der Waals surface area contributed by atoms with E-state index in [1.807, 2.05) is 18.2 Å². The molecule has 1 saturated heterocycles. The lowest BCUT2D eigenvalue weighted by Crippen LogP contribution is -2.43. The number of ether oxygens (including phenoxy) is 3. The summed E-state index contributed by atoms with van der Waals surface area (Å²) in [6.45, 7) is 6.29. The number of hydrogen-bond acceptors (Lipinski definition) is 5. The summed E-state index contributed by atoms with van der Waals surface area (Å²) in [7, 11) is 3.26. The van der Waals surface area contributed by atoms with E-state index in [0.717, 1.165) is 42.9 Å². The van der Waals surface area contributed by atoms with Crippen molar-refractivity contribution in [3.63, 3.8) is 0 Å². The van der Waals surface area contributed by atoms with Gasteiger partial charge < -0.3 is 24.6 Å². The van der Waals surface area contributed by atoms with Crippen molar-refractivity contribution in [2.45, 2.75) is 51.4 Å². The fourth-order valence-corrected chi connectivity index (χ4v) is 3.27. The molecule has 1 fully saturated rings. The molecule has 3 atom stereocenters. The molecular formula is C19H31NO4. The number of benzene rings is 1. The van der Waals surface area contributed by atoms with E-state index < -0.39 is 0 Å². The summed E-state index contributed by atoms with van der Waals surface area (Å²) >= 11 is 0. The molecule has 1 aliphatic heterocycles. The van der Waals surface area contributed by atoms with E-state index in [9.17, 15) is 5.11 Å². The van der Waals surface area contributed by atoms with Crippen molar-refractivity contribution >= 4 is 0 Å². The van der Waals surface area contributed by atoms with E-state index in [0.29, 0.717) is 19.0 Å². The zero-order chi connectivity index (χ0) is 17.6. The Labute approximate surface area is 145 Å². The molecule has 0 amide bonds. The molecule has 1 aliphatic rings. The maximum absolute atomic E-state index is 10.5. The minimum absolute atomic E-state index is 0.0900. The van der Waals surface area contributed by atoms with E-state index in [1.165, 1.54) is 0 Å². The molecule has 2 rings (SSSR count). The highest BCUT2D eigenvalue weighted by atomic mass is 16.5. The van der Waals surface area contributed by atoms with Gasteiger partial charge in [0, 0.05) is 19.7 Å². The Morgan fingerprint density at radius 3 is 2.75 bits per heavy atom. The molecule has 1 heterocycles. The van der Waals surface area contributed by atoms with Crippen LogP contribution in [0.5, 0.6) is 11.5 Å². The lowest BCUT2D eigenvalue weighted by molar-refractivity contribution is -0.107. The average Bonchev–Trinajstić information content (AvgIpc) is 2.61. The number of nitrogens with one attached hydrogen (secondary N) is 1. The number of hydrogen-bond donors (Lipinski definition) is 2. The van der Waals surface area contributed by atoms with Crippen LogP contribution in [0.1, 0.15) is 38.7 Å². The fourth-order valence-electron chi connectivity index (χ4n) is 3.27. The van der Waals surface area contributed by atoms with Crippen LogP contribution in [0, 0.1) is 5.92 Å². The summed E-state index contributed by atoms with van der Waals surface area (Å²) < 4.78 is 16.4. The van der Waals surface area contributed by atoms with Crippen LogP contribution in [0.4, 0.5) is 0 Å². The largest absolute Gasteiger partial charge is 0.493 e.